The lowest BCUT2D eigenvalue weighted by molar-refractivity contribution is -0.121. The molecule has 2 aliphatic rings. The Morgan fingerprint density at radius 1 is 1.00 bits per heavy atom. The molecular weight excluding hydrogens is 402 g/mol. The van der Waals surface area contributed by atoms with Gasteiger partial charge in [0, 0.05) is 13.1 Å². The molecule has 6 heteroatoms. The number of imide groups is 1. The number of benzene rings is 2. The van der Waals surface area contributed by atoms with Gasteiger partial charge in [-0.15, -0.1) is 0 Å². The fourth-order valence-electron chi connectivity index (χ4n) is 4.68. The summed E-state index contributed by atoms with van der Waals surface area (Å²) in [6.45, 7) is 6.30. The molecule has 1 N–H and O–H groups in total. The number of likely N-dealkylation sites (tertiary alicyclic amines) is 1. The second-order valence-electron chi connectivity index (χ2n) is 8.68. The average Bonchev–Trinajstić information content (AvgIpc) is 3.09. The molecule has 32 heavy (non-hydrogen) atoms. The van der Waals surface area contributed by atoms with Crippen LogP contribution in [0.4, 0.5) is 5.69 Å². The summed E-state index contributed by atoms with van der Waals surface area (Å²) in [4.78, 5) is 29.1. The summed E-state index contributed by atoms with van der Waals surface area (Å²) in [5, 5.41) is 3.31. The molecule has 2 aromatic carbocycles. The summed E-state index contributed by atoms with van der Waals surface area (Å²) in [5.41, 5.74) is 2.03. The van der Waals surface area contributed by atoms with Crippen molar-refractivity contribution in [1.82, 2.24) is 10.2 Å². The lowest BCUT2D eigenvalue weighted by Crippen LogP contribution is -2.44. The van der Waals surface area contributed by atoms with Gasteiger partial charge < -0.3 is 15.0 Å². The Hall–Kier alpha value is -2.70. The predicted octanol–water partition coefficient (Wildman–Crippen LogP) is 3.26. The third-order valence-electron chi connectivity index (χ3n) is 6.45. The number of hydrogen-bond acceptors (Lipinski definition) is 5. The maximum absolute atomic E-state index is 12.8. The van der Waals surface area contributed by atoms with Crippen LogP contribution in [0.2, 0.25) is 0 Å². The lowest BCUT2D eigenvalue weighted by Gasteiger charge is -2.32. The maximum atomic E-state index is 12.8. The van der Waals surface area contributed by atoms with Crippen LogP contribution < -0.4 is 15.0 Å². The van der Waals surface area contributed by atoms with Crippen molar-refractivity contribution in [3.63, 3.8) is 0 Å². The molecule has 170 valence electrons. The van der Waals surface area contributed by atoms with Crippen molar-refractivity contribution in [1.29, 1.82) is 0 Å². The summed E-state index contributed by atoms with van der Waals surface area (Å²) < 4.78 is 5.44. The normalized spacial score (nSPS) is 20.2. The molecule has 2 aliphatic heterocycles. The Morgan fingerprint density at radius 2 is 1.72 bits per heavy atom. The second-order valence-corrected chi connectivity index (χ2v) is 8.68. The predicted molar refractivity (Wildman–Crippen MR) is 126 cm³/mol. The minimum atomic E-state index is -0.440. The zero-order valence-corrected chi connectivity index (χ0v) is 18.8. The molecule has 6 nitrogen and oxygen atoms in total. The number of amides is 2. The first kappa shape index (κ1) is 22.5. The molecule has 2 saturated heterocycles. The summed E-state index contributed by atoms with van der Waals surface area (Å²) in [6.07, 6.45) is 3.79. The van der Waals surface area contributed by atoms with E-state index < -0.39 is 6.04 Å². The van der Waals surface area contributed by atoms with Crippen LogP contribution in [-0.2, 0) is 16.0 Å². The van der Waals surface area contributed by atoms with Crippen LogP contribution >= 0.6 is 0 Å². The molecule has 0 radical (unpaired) electrons. The fourth-order valence-corrected chi connectivity index (χ4v) is 4.68. The lowest BCUT2D eigenvalue weighted by atomic mass is 9.90. The Morgan fingerprint density at radius 3 is 2.41 bits per heavy atom. The van der Waals surface area contributed by atoms with Gasteiger partial charge in [0.05, 0.1) is 24.8 Å². The number of hydrogen-bond donors (Lipinski definition) is 1. The van der Waals surface area contributed by atoms with E-state index in [4.69, 9.17) is 4.74 Å². The van der Waals surface area contributed by atoms with E-state index in [9.17, 15) is 9.59 Å². The minimum absolute atomic E-state index is 0.154. The van der Waals surface area contributed by atoms with Gasteiger partial charge >= 0.3 is 0 Å². The van der Waals surface area contributed by atoms with Gasteiger partial charge in [-0.3, -0.25) is 9.59 Å². The standard InChI is InChI=1S/C26H33N3O3/c1-2-32-23-10-8-22(9-11-23)29-25(30)19-24(26(29)31)27-14-17-28-15-12-21(13-16-28)18-20-6-4-3-5-7-20/h3-11,21,24,27H,2,12-19H2,1H3/t24-/m1/s1. The molecule has 2 heterocycles. The molecule has 0 saturated carbocycles. The van der Waals surface area contributed by atoms with Gasteiger partial charge in [0.1, 0.15) is 5.75 Å². The van der Waals surface area contributed by atoms with Gasteiger partial charge in [0.2, 0.25) is 5.91 Å². The number of nitrogens with zero attached hydrogens (tertiary/aromatic N) is 2. The van der Waals surface area contributed by atoms with Gasteiger partial charge in [-0.05, 0) is 75.0 Å². The van der Waals surface area contributed by atoms with Crippen molar-refractivity contribution in [2.24, 2.45) is 5.92 Å². The maximum Gasteiger partial charge on any atom is 0.251 e. The molecule has 0 bridgehead atoms. The molecule has 2 aromatic rings. The summed E-state index contributed by atoms with van der Waals surface area (Å²) in [7, 11) is 0. The third kappa shape index (κ3) is 5.56. The second kappa shape index (κ2) is 10.7. The Bertz CT molecular complexity index is 892. The van der Waals surface area contributed by atoms with E-state index in [0.717, 1.165) is 37.7 Å². The zero-order chi connectivity index (χ0) is 22.3. The van der Waals surface area contributed by atoms with Crippen LogP contribution in [0.25, 0.3) is 0 Å². The highest BCUT2D eigenvalue weighted by Gasteiger charge is 2.39. The third-order valence-corrected chi connectivity index (χ3v) is 6.45. The van der Waals surface area contributed by atoms with Gasteiger partial charge in [0.25, 0.3) is 5.91 Å². The SMILES string of the molecule is CCOc1ccc(N2C(=O)C[C@@H](NCCN3CCC(Cc4ccccc4)CC3)C2=O)cc1. The fraction of sp³-hybridized carbons (Fsp3) is 0.462. The quantitative estimate of drug-likeness (QED) is 0.613. The molecule has 0 spiro atoms. The van der Waals surface area contributed by atoms with Crippen LogP contribution in [0.1, 0.15) is 31.7 Å². The highest BCUT2D eigenvalue weighted by molar-refractivity contribution is 6.22. The monoisotopic (exact) mass is 435 g/mol. The largest absolute Gasteiger partial charge is 0.494 e. The van der Waals surface area contributed by atoms with Crippen LogP contribution in [0.15, 0.2) is 54.6 Å². The van der Waals surface area contributed by atoms with E-state index in [2.05, 4.69) is 40.5 Å². The van der Waals surface area contributed by atoms with Crippen molar-refractivity contribution < 1.29 is 14.3 Å². The summed E-state index contributed by atoms with van der Waals surface area (Å²) >= 11 is 0. The van der Waals surface area contributed by atoms with E-state index in [0.29, 0.717) is 18.8 Å². The molecule has 4 rings (SSSR count). The van der Waals surface area contributed by atoms with Crippen LogP contribution in [0.3, 0.4) is 0 Å². The number of nitrogens with one attached hydrogen (secondary N) is 1. The molecule has 0 aromatic heterocycles. The molecule has 2 amide bonds. The minimum Gasteiger partial charge on any atom is -0.494 e. The van der Waals surface area contributed by atoms with Crippen molar-refractivity contribution in [2.45, 2.75) is 38.6 Å². The molecule has 1 atom stereocenters. The van der Waals surface area contributed by atoms with Crippen molar-refractivity contribution in [2.75, 3.05) is 37.7 Å². The van der Waals surface area contributed by atoms with E-state index in [1.54, 1.807) is 24.3 Å². The topological polar surface area (TPSA) is 61.9 Å². The van der Waals surface area contributed by atoms with E-state index in [1.807, 2.05) is 6.92 Å². The van der Waals surface area contributed by atoms with Gasteiger partial charge in [-0.2, -0.15) is 0 Å². The Balaban J connectivity index is 1.20. The van der Waals surface area contributed by atoms with E-state index >= 15 is 0 Å². The zero-order valence-electron chi connectivity index (χ0n) is 18.8. The number of anilines is 1. The summed E-state index contributed by atoms with van der Waals surface area (Å²) in [6, 6.07) is 17.4. The number of rotatable bonds is 9. The molecule has 2 fully saturated rings. The first-order valence-corrected chi connectivity index (χ1v) is 11.7. The van der Waals surface area contributed by atoms with Crippen molar-refractivity contribution in [3.8, 4) is 5.75 Å². The number of piperidine rings is 1. The molecule has 0 unspecified atom stereocenters. The highest BCUT2D eigenvalue weighted by atomic mass is 16.5. The van der Waals surface area contributed by atoms with Gasteiger partial charge in [0.15, 0.2) is 0 Å². The highest BCUT2D eigenvalue weighted by Crippen LogP contribution is 2.25. The summed E-state index contributed by atoms with van der Waals surface area (Å²) in [5.74, 6) is 1.16. The number of carbonyl (C=O) groups is 2. The Labute approximate surface area is 190 Å². The smallest absolute Gasteiger partial charge is 0.251 e. The molecular formula is C26H33N3O3. The van der Waals surface area contributed by atoms with E-state index in [-0.39, 0.29) is 18.2 Å². The Kier molecular flexibility index (Phi) is 7.55. The van der Waals surface area contributed by atoms with E-state index in [1.165, 1.54) is 23.3 Å². The van der Waals surface area contributed by atoms with Crippen molar-refractivity contribution in [3.05, 3.63) is 60.2 Å². The van der Waals surface area contributed by atoms with Gasteiger partial charge in [-0.25, -0.2) is 4.90 Å². The molecule has 0 aliphatic carbocycles. The van der Waals surface area contributed by atoms with Crippen LogP contribution in [0.5, 0.6) is 5.75 Å². The van der Waals surface area contributed by atoms with Crippen LogP contribution in [-0.4, -0.2) is 55.5 Å². The average molecular weight is 436 g/mol. The first-order chi connectivity index (χ1) is 15.6. The van der Waals surface area contributed by atoms with Crippen LogP contribution in [0, 0.1) is 5.92 Å². The first-order valence-electron chi connectivity index (χ1n) is 11.7. The number of ether oxygens (including phenoxy) is 1. The van der Waals surface area contributed by atoms with Gasteiger partial charge in [-0.1, -0.05) is 30.3 Å². The number of carbonyl (C=O) groups excluding carboxylic acids is 2. The van der Waals surface area contributed by atoms with Crippen molar-refractivity contribution >= 4 is 17.5 Å².